The molecule has 6 nitrogen and oxygen atoms in total. The molecule has 1 aliphatic heterocycles. The molecule has 0 spiro atoms. The minimum Gasteiger partial charge on any atom is -0.379 e. The van der Waals surface area contributed by atoms with Crippen LogP contribution in [0.25, 0.3) is 0 Å². The highest BCUT2D eigenvalue weighted by Gasteiger charge is 2.20. The van der Waals surface area contributed by atoms with Gasteiger partial charge in [-0.15, -0.1) is 5.10 Å². The Bertz CT molecular complexity index is 586. The molecule has 7 heteroatoms. The van der Waals surface area contributed by atoms with E-state index in [2.05, 4.69) is 20.2 Å². The topological polar surface area (TPSA) is 70.2 Å². The first-order valence-electron chi connectivity index (χ1n) is 6.43. The third-order valence-electron chi connectivity index (χ3n) is 3.19. The summed E-state index contributed by atoms with van der Waals surface area (Å²) in [5.41, 5.74) is 3.05. The molecule has 0 saturated carbocycles. The Morgan fingerprint density at radius 2 is 2.30 bits per heavy atom. The van der Waals surface area contributed by atoms with Gasteiger partial charge in [-0.05, 0) is 23.2 Å². The number of benzene rings is 1. The average molecular weight is 289 g/mol. The Kier molecular flexibility index (Phi) is 3.78. The molecule has 0 aliphatic carbocycles. The first kappa shape index (κ1) is 12.9. The maximum atomic E-state index is 11.6. The minimum absolute atomic E-state index is 0.00324. The van der Waals surface area contributed by atoms with Gasteiger partial charge < -0.3 is 15.5 Å². The van der Waals surface area contributed by atoms with Crippen LogP contribution in [0.15, 0.2) is 29.6 Å². The zero-order valence-corrected chi connectivity index (χ0v) is 11.7. The SMILES string of the molecule is O=C1NCCN1Cc1ccccc1NCc1csnn1. The van der Waals surface area contributed by atoms with E-state index in [9.17, 15) is 4.79 Å². The van der Waals surface area contributed by atoms with Crippen LogP contribution in [-0.2, 0) is 13.1 Å². The number of aromatic nitrogens is 2. The summed E-state index contributed by atoms with van der Waals surface area (Å²) in [6.07, 6.45) is 0. The molecule has 2 aromatic rings. The van der Waals surface area contributed by atoms with Gasteiger partial charge >= 0.3 is 6.03 Å². The van der Waals surface area contributed by atoms with Gasteiger partial charge in [-0.1, -0.05) is 22.7 Å². The van der Waals surface area contributed by atoms with Crippen molar-refractivity contribution in [2.45, 2.75) is 13.1 Å². The van der Waals surface area contributed by atoms with Crippen LogP contribution in [0.1, 0.15) is 11.3 Å². The number of rotatable bonds is 5. The van der Waals surface area contributed by atoms with Gasteiger partial charge in [-0.25, -0.2) is 4.79 Å². The molecule has 2 N–H and O–H groups in total. The zero-order valence-electron chi connectivity index (χ0n) is 10.9. The van der Waals surface area contributed by atoms with Crippen LogP contribution in [0.2, 0.25) is 0 Å². The van der Waals surface area contributed by atoms with E-state index in [1.54, 1.807) is 0 Å². The van der Waals surface area contributed by atoms with Crippen LogP contribution < -0.4 is 10.6 Å². The molecular formula is C13H15N5OS. The number of para-hydroxylation sites is 1. The van der Waals surface area contributed by atoms with Crippen molar-refractivity contribution in [2.75, 3.05) is 18.4 Å². The van der Waals surface area contributed by atoms with Crippen LogP contribution in [0, 0.1) is 0 Å². The van der Waals surface area contributed by atoms with E-state index < -0.39 is 0 Å². The van der Waals surface area contributed by atoms with Crippen molar-refractivity contribution >= 4 is 23.3 Å². The van der Waals surface area contributed by atoms with Crippen molar-refractivity contribution in [1.82, 2.24) is 19.8 Å². The van der Waals surface area contributed by atoms with E-state index in [4.69, 9.17) is 0 Å². The van der Waals surface area contributed by atoms with Gasteiger partial charge in [-0.3, -0.25) is 0 Å². The second-order valence-electron chi connectivity index (χ2n) is 4.56. The van der Waals surface area contributed by atoms with Crippen molar-refractivity contribution in [2.24, 2.45) is 0 Å². The van der Waals surface area contributed by atoms with Crippen LogP contribution in [0.5, 0.6) is 0 Å². The number of anilines is 1. The molecule has 0 atom stereocenters. The first-order chi connectivity index (χ1) is 9.83. The molecule has 0 radical (unpaired) electrons. The number of amides is 2. The summed E-state index contributed by atoms with van der Waals surface area (Å²) >= 11 is 1.34. The molecule has 1 aromatic heterocycles. The third kappa shape index (κ3) is 2.88. The van der Waals surface area contributed by atoms with Crippen molar-refractivity contribution in [3.8, 4) is 0 Å². The lowest BCUT2D eigenvalue weighted by Crippen LogP contribution is -2.27. The molecule has 1 aromatic carbocycles. The fraction of sp³-hybridized carbons (Fsp3) is 0.308. The van der Waals surface area contributed by atoms with Gasteiger partial charge in [0.15, 0.2) is 0 Å². The van der Waals surface area contributed by atoms with E-state index in [-0.39, 0.29) is 6.03 Å². The fourth-order valence-corrected chi connectivity index (χ4v) is 2.60. The quantitative estimate of drug-likeness (QED) is 0.878. The number of hydrogen-bond donors (Lipinski definition) is 2. The number of urea groups is 1. The number of carbonyl (C=O) groups excluding carboxylic acids is 1. The van der Waals surface area contributed by atoms with E-state index in [1.807, 2.05) is 34.5 Å². The monoisotopic (exact) mass is 289 g/mol. The molecule has 0 unspecified atom stereocenters. The lowest BCUT2D eigenvalue weighted by Gasteiger charge is -2.17. The van der Waals surface area contributed by atoms with Gasteiger partial charge in [0.25, 0.3) is 0 Å². The Labute approximate surface area is 121 Å². The van der Waals surface area contributed by atoms with Crippen LogP contribution in [0.3, 0.4) is 0 Å². The maximum absolute atomic E-state index is 11.6. The lowest BCUT2D eigenvalue weighted by atomic mass is 10.1. The molecule has 1 aliphatic rings. The first-order valence-corrected chi connectivity index (χ1v) is 7.27. The summed E-state index contributed by atoms with van der Waals surface area (Å²) in [7, 11) is 0. The summed E-state index contributed by atoms with van der Waals surface area (Å²) in [4.78, 5) is 13.4. The fourth-order valence-electron chi connectivity index (χ4n) is 2.15. The number of nitrogens with zero attached hydrogens (tertiary/aromatic N) is 3. The highest BCUT2D eigenvalue weighted by Crippen LogP contribution is 2.19. The Balaban J connectivity index is 1.69. The largest absolute Gasteiger partial charge is 0.379 e. The highest BCUT2D eigenvalue weighted by atomic mass is 32.1. The third-order valence-corrected chi connectivity index (χ3v) is 3.74. The lowest BCUT2D eigenvalue weighted by molar-refractivity contribution is 0.215. The normalized spacial score (nSPS) is 14.4. The van der Waals surface area contributed by atoms with Gasteiger partial charge in [0.1, 0.15) is 0 Å². The average Bonchev–Trinajstić information content (AvgIpc) is 3.11. The molecule has 1 fully saturated rings. The predicted octanol–water partition coefficient (Wildman–Crippen LogP) is 1.68. The molecule has 2 heterocycles. The molecular weight excluding hydrogens is 274 g/mol. The number of carbonyl (C=O) groups is 1. The summed E-state index contributed by atoms with van der Waals surface area (Å²) in [5, 5.41) is 12.1. The van der Waals surface area contributed by atoms with Gasteiger partial charge in [0.05, 0.1) is 12.2 Å². The zero-order chi connectivity index (χ0) is 13.8. The molecule has 3 rings (SSSR count). The Hall–Kier alpha value is -2.15. The van der Waals surface area contributed by atoms with Crippen LogP contribution >= 0.6 is 11.5 Å². The molecule has 2 amide bonds. The molecule has 0 bridgehead atoms. The summed E-state index contributed by atoms with van der Waals surface area (Å²) in [5.74, 6) is 0. The van der Waals surface area contributed by atoms with E-state index >= 15 is 0 Å². The Morgan fingerprint density at radius 3 is 3.05 bits per heavy atom. The van der Waals surface area contributed by atoms with Crippen LogP contribution in [-0.4, -0.2) is 33.6 Å². The van der Waals surface area contributed by atoms with Crippen molar-refractivity contribution in [1.29, 1.82) is 0 Å². The summed E-state index contributed by atoms with van der Waals surface area (Å²) < 4.78 is 3.84. The van der Waals surface area contributed by atoms with E-state index in [0.29, 0.717) is 13.1 Å². The van der Waals surface area contributed by atoms with Crippen LogP contribution in [0.4, 0.5) is 10.5 Å². The second-order valence-corrected chi connectivity index (χ2v) is 5.17. The smallest absolute Gasteiger partial charge is 0.317 e. The van der Waals surface area contributed by atoms with E-state index in [1.165, 1.54) is 11.5 Å². The minimum atomic E-state index is 0.00324. The second kappa shape index (κ2) is 5.87. The predicted molar refractivity (Wildman–Crippen MR) is 77.5 cm³/mol. The maximum Gasteiger partial charge on any atom is 0.317 e. The van der Waals surface area contributed by atoms with Gasteiger partial charge in [0, 0.05) is 30.7 Å². The van der Waals surface area contributed by atoms with Crippen molar-refractivity contribution in [3.05, 3.63) is 40.9 Å². The van der Waals surface area contributed by atoms with Gasteiger partial charge in [0.2, 0.25) is 0 Å². The Morgan fingerprint density at radius 1 is 1.40 bits per heavy atom. The van der Waals surface area contributed by atoms with Gasteiger partial charge in [-0.2, -0.15) is 0 Å². The molecule has 20 heavy (non-hydrogen) atoms. The number of nitrogens with one attached hydrogen (secondary N) is 2. The summed E-state index contributed by atoms with van der Waals surface area (Å²) in [6, 6.07) is 8.02. The highest BCUT2D eigenvalue weighted by molar-refractivity contribution is 7.03. The summed E-state index contributed by atoms with van der Waals surface area (Å²) in [6.45, 7) is 2.73. The van der Waals surface area contributed by atoms with Crippen molar-refractivity contribution in [3.63, 3.8) is 0 Å². The van der Waals surface area contributed by atoms with Crippen molar-refractivity contribution < 1.29 is 4.79 Å². The van der Waals surface area contributed by atoms with E-state index in [0.717, 1.165) is 30.0 Å². The standard InChI is InChI=1S/C13H15N5OS/c19-13-14-5-6-18(13)8-10-3-1-2-4-12(10)15-7-11-9-20-17-16-11/h1-4,9,15H,5-8H2,(H,14,19). The molecule has 104 valence electrons. The molecule has 1 saturated heterocycles. The number of hydrogen-bond acceptors (Lipinski definition) is 5.